The Balaban J connectivity index is 2.33. The highest BCUT2D eigenvalue weighted by Crippen LogP contribution is 2.29. The van der Waals surface area contributed by atoms with Crippen molar-refractivity contribution in [2.75, 3.05) is 11.9 Å². The number of rotatable bonds is 4. The highest BCUT2D eigenvalue weighted by Gasteiger charge is 2.16. The maximum absolute atomic E-state index is 14.1. The van der Waals surface area contributed by atoms with Gasteiger partial charge >= 0.3 is 0 Å². The summed E-state index contributed by atoms with van der Waals surface area (Å²) in [4.78, 5) is 7.25. The maximum atomic E-state index is 14.1. The van der Waals surface area contributed by atoms with Crippen LogP contribution in [0.3, 0.4) is 0 Å². The van der Waals surface area contributed by atoms with Gasteiger partial charge in [0.2, 0.25) is 0 Å². The van der Waals surface area contributed by atoms with E-state index in [2.05, 4.69) is 4.98 Å². The molecular formula is C14H18FN3S. The quantitative estimate of drug-likeness (QED) is 0.934. The zero-order chi connectivity index (χ0) is 14.0. The number of nitrogens with two attached hydrogens (primary N) is 1. The van der Waals surface area contributed by atoms with Gasteiger partial charge in [-0.3, -0.25) is 0 Å². The van der Waals surface area contributed by atoms with E-state index >= 15 is 0 Å². The van der Waals surface area contributed by atoms with Crippen molar-refractivity contribution in [3.05, 3.63) is 45.7 Å². The molecule has 5 heteroatoms. The van der Waals surface area contributed by atoms with E-state index in [0.717, 1.165) is 16.1 Å². The third kappa shape index (κ3) is 2.93. The van der Waals surface area contributed by atoms with Crippen molar-refractivity contribution in [1.82, 2.24) is 4.98 Å². The average Bonchev–Trinajstić information content (AvgIpc) is 2.74. The highest BCUT2D eigenvalue weighted by atomic mass is 32.1. The van der Waals surface area contributed by atoms with Crippen molar-refractivity contribution in [1.29, 1.82) is 0 Å². The molecule has 1 aromatic heterocycles. The van der Waals surface area contributed by atoms with Gasteiger partial charge in [-0.05, 0) is 25.5 Å². The number of hydrogen-bond donors (Lipinski definition) is 1. The second-order valence-electron chi connectivity index (χ2n) is 4.68. The number of anilines is 1. The van der Waals surface area contributed by atoms with Gasteiger partial charge in [0.1, 0.15) is 5.82 Å². The van der Waals surface area contributed by atoms with Crippen LogP contribution in [0.4, 0.5) is 10.1 Å². The summed E-state index contributed by atoms with van der Waals surface area (Å²) < 4.78 is 14.1. The molecule has 0 saturated carbocycles. The van der Waals surface area contributed by atoms with Crippen molar-refractivity contribution in [3.8, 4) is 0 Å². The molecule has 0 spiro atoms. The molecule has 0 unspecified atom stereocenters. The topological polar surface area (TPSA) is 42.2 Å². The molecule has 2 N–H and O–H groups in total. The lowest BCUT2D eigenvalue weighted by atomic mass is 10.1. The van der Waals surface area contributed by atoms with E-state index in [1.54, 1.807) is 17.4 Å². The molecule has 2 rings (SSSR count). The van der Waals surface area contributed by atoms with Gasteiger partial charge in [0, 0.05) is 18.0 Å². The molecule has 1 atom stereocenters. The summed E-state index contributed by atoms with van der Waals surface area (Å²) in [5.74, 6) is -0.237. The first kappa shape index (κ1) is 14.0. The van der Waals surface area contributed by atoms with Gasteiger partial charge < -0.3 is 10.6 Å². The lowest BCUT2D eigenvalue weighted by Crippen LogP contribution is -2.21. The van der Waals surface area contributed by atoms with E-state index in [-0.39, 0.29) is 11.9 Å². The van der Waals surface area contributed by atoms with Crippen LogP contribution in [0.5, 0.6) is 0 Å². The standard InChI is InChI=1S/C14H18FN3S/c1-9(16)11-5-4-6-12(15)14(11)18(3)7-13-10(2)17-8-19-13/h4-6,8-9H,7,16H2,1-3H3/t9-/m1/s1. The Morgan fingerprint density at radius 2 is 2.21 bits per heavy atom. The normalized spacial score (nSPS) is 12.5. The van der Waals surface area contributed by atoms with E-state index in [0.29, 0.717) is 12.2 Å². The summed E-state index contributed by atoms with van der Waals surface area (Å²) in [5, 5.41) is 0. The Kier molecular flexibility index (Phi) is 4.17. The van der Waals surface area contributed by atoms with E-state index in [1.807, 2.05) is 37.4 Å². The third-order valence-electron chi connectivity index (χ3n) is 3.12. The van der Waals surface area contributed by atoms with Gasteiger partial charge in [0.25, 0.3) is 0 Å². The average molecular weight is 279 g/mol. The highest BCUT2D eigenvalue weighted by molar-refractivity contribution is 7.09. The Hall–Kier alpha value is -1.46. The van der Waals surface area contributed by atoms with Crippen molar-refractivity contribution in [2.45, 2.75) is 26.4 Å². The Morgan fingerprint density at radius 3 is 2.79 bits per heavy atom. The summed E-state index contributed by atoms with van der Waals surface area (Å²) in [6.07, 6.45) is 0. The molecule has 1 aromatic carbocycles. The van der Waals surface area contributed by atoms with Crippen molar-refractivity contribution in [3.63, 3.8) is 0 Å². The minimum absolute atomic E-state index is 0.198. The first-order valence-electron chi connectivity index (χ1n) is 6.14. The third-order valence-corrected chi connectivity index (χ3v) is 4.04. The molecule has 0 aliphatic carbocycles. The van der Waals surface area contributed by atoms with Crippen LogP contribution in [0.1, 0.15) is 29.1 Å². The van der Waals surface area contributed by atoms with Gasteiger partial charge in [-0.2, -0.15) is 0 Å². The van der Waals surface area contributed by atoms with E-state index in [4.69, 9.17) is 5.73 Å². The first-order valence-corrected chi connectivity index (χ1v) is 7.02. The number of thiazole rings is 1. The second-order valence-corrected chi connectivity index (χ2v) is 5.62. The zero-order valence-corrected chi connectivity index (χ0v) is 12.2. The molecule has 19 heavy (non-hydrogen) atoms. The number of hydrogen-bond acceptors (Lipinski definition) is 4. The maximum Gasteiger partial charge on any atom is 0.146 e. The van der Waals surface area contributed by atoms with Crippen LogP contribution in [0.15, 0.2) is 23.7 Å². The number of nitrogens with zero attached hydrogens (tertiary/aromatic N) is 2. The SMILES string of the molecule is Cc1ncsc1CN(C)c1c(F)cccc1[C@@H](C)N. The molecule has 0 fully saturated rings. The molecule has 102 valence electrons. The molecule has 0 amide bonds. The van der Waals surface area contributed by atoms with E-state index in [1.165, 1.54) is 6.07 Å². The molecule has 0 saturated heterocycles. The fraction of sp³-hybridized carbons (Fsp3) is 0.357. The minimum Gasteiger partial charge on any atom is -0.367 e. The number of aryl methyl sites for hydroxylation is 1. The summed E-state index contributed by atoms with van der Waals surface area (Å²) >= 11 is 1.59. The number of aromatic nitrogens is 1. The molecule has 3 nitrogen and oxygen atoms in total. The van der Waals surface area contributed by atoms with E-state index < -0.39 is 0 Å². The van der Waals surface area contributed by atoms with Crippen LogP contribution in [-0.2, 0) is 6.54 Å². The van der Waals surface area contributed by atoms with Crippen molar-refractivity contribution >= 4 is 17.0 Å². The Labute approximate surface area is 116 Å². The molecule has 0 radical (unpaired) electrons. The monoisotopic (exact) mass is 279 g/mol. The Bertz CT molecular complexity index is 566. The molecular weight excluding hydrogens is 261 g/mol. The summed E-state index contributed by atoms with van der Waals surface area (Å²) in [6, 6.07) is 4.84. The van der Waals surface area contributed by atoms with Crippen LogP contribution >= 0.6 is 11.3 Å². The summed E-state index contributed by atoms with van der Waals surface area (Å²) in [5.41, 5.74) is 10.1. The lowest BCUT2D eigenvalue weighted by molar-refractivity contribution is 0.616. The van der Waals surface area contributed by atoms with Crippen molar-refractivity contribution < 1.29 is 4.39 Å². The smallest absolute Gasteiger partial charge is 0.146 e. The molecule has 1 heterocycles. The van der Waals surface area contributed by atoms with Gasteiger partial charge in [-0.25, -0.2) is 9.37 Å². The van der Waals surface area contributed by atoms with Crippen LogP contribution in [0, 0.1) is 12.7 Å². The number of benzene rings is 1. The predicted octanol–water partition coefficient (Wildman–Crippen LogP) is 3.25. The fourth-order valence-electron chi connectivity index (χ4n) is 2.07. The minimum atomic E-state index is -0.237. The molecule has 2 aromatic rings. The van der Waals surface area contributed by atoms with Crippen molar-refractivity contribution in [2.24, 2.45) is 5.73 Å². The first-order chi connectivity index (χ1) is 9.00. The fourth-order valence-corrected chi connectivity index (χ4v) is 2.90. The summed E-state index contributed by atoms with van der Waals surface area (Å²) in [7, 11) is 1.88. The predicted molar refractivity (Wildman–Crippen MR) is 78.0 cm³/mol. The number of para-hydroxylation sites is 1. The molecule has 0 aliphatic heterocycles. The van der Waals surface area contributed by atoms with Crippen LogP contribution in [0.25, 0.3) is 0 Å². The van der Waals surface area contributed by atoms with Crippen LogP contribution in [0.2, 0.25) is 0 Å². The molecule has 0 aliphatic rings. The van der Waals surface area contributed by atoms with Gasteiger partial charge in [0.05, 0.1) is 23.4 Å². The summed E-state index contributed by atoms with van der Waals surface area (Å²) in [6.45, 7) is 4.47. The number of halogens is 1. The van der Waals surface area contributed by atoms with Crippen LogP contribution in [-0.4, -0.2) is 12.0 Å². The second kappa shape index (κ2) is 5.67. The zero-order valence-electron chi connectivity index (χ0n) is 11.4. The van der Waals surface area contributed by atoms with Gasteiger partial charge in [-0.15, -0.1) is 11.3 Å². The lowest BCUT2D eigenvalue weighted by Gasteiger charge is -2.24. The van der Waals surface area contributed by atoms with Gasteiger partial charge in [-0.1, -0.05) is 12.1 Å². The molecule has 0 bridgehead atoms. The van der Waals surface area contributed by atoms with E-state index in [9.17, 15) is 4.39 Å². The van der Waals surface area contributed by atoms with Gasteiger partial charge in [0.15, 0.2) is 0 Å². The van der Waals surface area contributed by atoms with Crippen LogP contribution < -0.4 is 10.6 Å². The largest absolute Gasteiger partial charge is 0.367 e. The Morgan fingerprint density at radius 1 is 1.47 bits per heavy atom.